The van der Waals surface area contributed by atoms with Gasteiger partial charge in [-0.2, -0.15) is 11.8 Å². The lowest BCUT2D eigenvalue weighted by atomic mass is 10.0. The summed E-state index contributed by atoms with van der Waals surface area (Å²) in [7, 11) is 0. The maximum absolute atomic E-state index is 11.4. The summed E-state index contributed by atoms with van der Waals surface area (Å²) in [5.74, 6) is 1.72. The lowest BCUT2D eigenvalue weighted by molar-refractivity contribution is -0.124. The second-order valence-electron chi connectivity index (χ2n) is 3.63. The topological polar surface area (TPSA) is 75.4 Å². The van der Waals surface area contributed by atoms with E-state index in [1.54, 1.807) is 11.8 Å². The number of nitrogens with one attached hydrogen (secondary N) is 1. The third-order valence-electron chi connectivity index (χ3n) is 2.19. The van der Waals surface area contributed by atoms with E-state index in [1.165, 1.54) is 0 Å². The molecular formula is C10H22N2O2S. The van der Waals surface area contributed by atoms with Gasteiger partial charge in [0.2, 0.25) is 5.91 Å². The molecule has 15 heavy (non-hydrogen) atoms. The molecule has 0 aromatic carbocycles. The van der Waals surface area contributed by atoms with Crippen molar-refractivity contribution in [2.45, 2.75) is 26.3 Å². The van der Waals surface area contributed by atoms with E-state index in [-0.39, 0.29) is 24.5 Å². The van der Waals surface area contributed by atoms with Crippen LogP contribution in [-0.2, 0) is 4.79 Å². The molecule has 0 fully saturated rings. The van der Waals surface area contributed by atoms with Crippen LogP contribution in [0.15, 0.2) is 0 Å². The molecule has 5 heteroatoms. The van der Waals surface area contributed by atoms with E-state index >= 15 is 0 Å². The molecule has 2 unspecified atom stereocenters. The lowest BCUT2D eigenvalue weighted by Gasteiger charge is -2.15. The van der Waals surface area contributed by atoms with Crippen molar-refractivity contribution < 1.29 is 9.90 Å². The van der Waals surface area contributed by atoms with Gasteiger partial charge < -0.3 is 16.2 Å². The molecule has 0 rings (SSSR count). The summed E-state index contributed by atoms with van der Waals surface area (Å²) in [6, 6.07) is -0.105. The van der Waals surface area contributed by atoms with Crippen molar-refractivity contribution in [1.82, 2.24) is 5.32 Å². The first-order valence-corrected chi connectivity index (χ1v) is 6.47. The van der Waals surface area contributed by atoms with Crippen LogP contribution >= 0.6 is 11.8 Å². The predicted molar refractivity (Wildman–Crippen MR) is 64.9 cm³/mol. The Labute approximate surface area is 96.0 Å². The van der Waals surface area contributed by atoms with E-state index in [9.17, 15) is 4.79 Å². The maximum Gasteiger partial charge on any atom is 0.224 e. The Morgan fingerprint density at radius 3 is 2.67 bits per heavy atom. The lowest BCUT2D eigenvalue weighted by Crippen LogP contribution is -2.39. The van der Waals surface area contributed by atoms with Crippen LogP contribution in [0, 0.1) is 5.92 Å². The summed E-state index contributed by atoms with van der Waals surface area (Å²) in [5.41, 5.74) is 5.61. The molecule has 0 aromatic rings. The van der Waals surface area contributed by atoms with Crippen molar-refractivity contribution in [2.75, 3.05) is 24.7 Å². The highest BCUT2D eigenvalue weighted by atomic mass is 32.2. The first-order valence-electron chi connectivity index (χ1n) is 5.31. The molecule has 0 saturated carbocycles. The molecule has 4 nitrogen and oxygen atoms in total. The number of carbonyl (C=O) groups is 1. The number of aliphatic hydroxyl groups is 1. The smallest absolute Gasteiger partial charge is 0.224 e. The summed E-state index contributed by atoms with van der Waals surface area (Å²) in [6.07, 6.45) is 0.814. The van der Waals surface area contributed by atoms with E-state index in [0.29, 0.717) is 6.54 Å². The number of thioether (sulfide) groups is 1. The van der Waals surface area contributed by atoms with Crippen molar-refractivity contribution in [3.8, 4) is 0 Å². The third kappa shape index (κ3) is 7.64. The Hall–Kier alpha value is -0.260. The minimum Gasteiger partial charge on any atom is -0.396 e. The van der Waals surface area contributed by atoms with Crippen LogP contribution in [0.25, 0.3) is 0 Å². The fourth-order valence-corrected chi connectivity index (χ4v) is 1.70. The van der Waals surface area contributed by atoms with Crippen LogP contribution < -0.4 is 11.1 Å². The van der Waals surface area contributed by atoms with Crippen LogP contribution in [-0.4, -0.2) is 41.7 Å². The molecular weight excluding hydrogens is 212 g/mol. The Bertz CT molecular complexity index is 177. The number of hydrogen-bond acceptors (Lipinski definition) is 4. The second kappa shape index (κ2) is 9.00. The molecule has 90 valence electrons. The Morgan fingerprint density at radius 1 is 1.47 bits per heavy atom. The maximum atomic E-state index is 11.4. The van der Waals surface area contributed by atoms with Crippen molar-refractivity contribution in [3.63, 3.8) is 0 Å². The first-order chi connectivity index (χ1) is 7.09. The summed E-state index contributed by atoms with van der Waals surface area (Å²) in [5, 5.41) is 11.4. The SMILES string of the molecule is CC(N)C(C)C(=O)NCCSCCCO. The van der Waals surface area contributed by atoms with E-state index in [0.717, 1.165) is 17.9 Å². The van der Waals surface area contributed by atoms with Gasteiger partial charge in [-0.3, -0.25) is 4.79 Å². The highest BCUT2D eigenvalue weighted by Gasteiger charge is 2.15. The number of rotatable bonds is 8. The minimum atomic E-state index is -0.132. The molecule has 0 spiro atoms. The highest BCUT2D eigenvalue weighted by molar-refractivity contribution is 7.99. The fraction of sp³-hybridized carbons (Fsp3) is 0.900. The summed E-state index contributed by atoms with van der Waals surface area (Å²) < 4.78 is 0. The third-order valence-corrected chi connectivity index (χ3v) is 3.26. The number of hydrogen-bond donors (Lipinski definition) is 3. The highest BCUT2D eigenvalue weighted by Crippen LogP contribution is 2.02. The fourth-order valence-electron chi connectivity index (χ4n) is 0.915. The summed E-state index contributed by atoms with van der Waals surface area (Å²) in [6.45, 7) is 4.58. The van der Waals surface area contributed by atoms with Gasteiger partial charge in [0.15, 0.2) is 0 Å². The van der Waals surface area contributed by atoms with Gasteiger partial charge in [0, 0.05) is 30.9 Å². The van der Waals surface area contributed by atoms with E-state index < -0.39 is 0 Å². The Kier molecular flexibility index (Phi) is 8.85. The van der Waals surface area contributed by atoms with Crippen molar-refractivity contribution in [1.29, 1.82) is 0 Å². The Morgan fingerprint density at radius 2 is 2.13 bits per heavy atom. The van der Waals surface area contributed by atoms with Crippen molar-refractivity contribution in [3.05, 3.63) is 0 Å². The zero-order chi connectivity index (χ0) is 11.7. The minimum absolute atomic E-state index is 0.0211. The van der Waals surface area contributed by atoms with E-state index in [2.05, 4.69) is 5.32 Å². The quantitative estimate of drug-likeness (QED) is 0.525. The molecule has 0 saturated heterocycles. The van der Waals surface area contributed by atoms with Gasteiger partial charge in [-0.25, -0.2) is 0 Å². The number of amides is 1. The standard InChI is InChI=1S/C10H22N2O2S/c1-8(9(2)11)10(14)12-4-7-15-6-3-5-13/h8-9,13H,3-7,11H2,1-2H3,(H,12,14). The predicted octanol–water partition coefficient (Wildman–Crippen LogP) is 0.202. The first kappa shape index (κ1) is 14.7. The van der Waals surface area contributed by atoms with Crippen LogP contribution in [0.1, 0.15) is 20.3 Å². The van der Waals surface area contributed by atoms with Gasteiger partial charge in [0.1, 0.15) is 0 Å². The van der Waals surface area contributed by atoms with E-state index in [1.807, 2.05) is 13.8 Å². The van der Waals surface area contributed by atoms with Crippen LogP contribution in [0.4, 0.5) is 0 Å². The molecule has 1 amide bonds. The average molecular weight is 234 g/mol. The van der Waals surface area contributed by atoms with Crippen LogP contribution in [0.3, 0.4) is 0 Å². The Balaban J connectivity index is 3.39. The average Bonchev–Trinajstić information content (AvgIpc) is 2.21. The normalized spacial score (nSPS) is 14.7. The van der Waals surface area contributed by atoms with Crippen molar-refractivity contribution >= 4 is 17.7 Å². The van der Waals surface area contributed by atoms with Crippen LogP contribution in [0.5, 0.6) is 0 Å². The number of nitrogens with two attached hydrogens (primary N) is 1. The zero-order valence-corrected chi connectivity index (χ0v) is 10.3. The molecule has 0 heterocycles. The molecule has 0 aromatic heterocycles. The van der Waals surface area contributed by atoms with Gasteiger partial charge >= 0.3 is 0 Å². The number of aliphatic hydroxyl groups excluding tert-OH is 1. The molecule has 4 N–H and O–H groups in total. The van der Waals surface area contributed by atoms with Gasteiger partial charge in [-0.05, 0) is 19.1 Å². The van der Waals surface area contributed by atoms with Crippen LogP contribution in [0.2, 0.25) is 0 Å². The molecule has 2 atom stereocenters. The molecule has 0 aliphatic carbocycles. The molecule has 0 radical (unpaired) electrons. The summed E-state index contributed by atoms with van der Waals surface area (Å²) in [4.78, 5) is 11.4. The van der Waals surface area contributed by atoms with Crippen molar-refractivity contribution in [2.24, 2.45) is 11.7 Å². The number of carbonyl (C=O) groups excluding carboxylic acids is 1. The zero-order valence-electron chi connectivity index (χ0n) is 9.53. The molecule has 0 aliphatic rings. The molecule has 0 bridgehead atoms. The van der Waals surface area contributed by atoms with Gasteiger partial charge in [-0.1, -0.05) is 6.92 Å². The second-order valence-corrected chi connectivity index (χ2v) is 4.85. The van der Waals surface area contributed by atoms with E-state index in [4.69, 9.17) is 10.8 Å². The largest absolute Gasteiger partial charge is 0.396 e. The molecule has 0 aliphatic heterocycles. The monoisotopic (exact) mass is 234 g/mol. The summed E-state index contributed by atoms with van der Waals surface area (Å²) >= 11 is 1.73. The van der Waals surface area contributed by atoms with Gasteiger partial charge in [0.25, 0.3) is 0 Å². The van der Waals surface area contributed by atoms with Gasteiger partial charge in [0.05, 0.1) is 0 Å². The van der Waals surface area contributed by atoms with Gasteiger partial charge in [-0.15, -0.1) is 0 Å².